The minimum atomic E-state index is -0.379. The number of nitrogens with two attached hydrogens (primary N) is 1. The highest BCUT2D eigenvalue weighted by atomic mass is 32.1. The van der Waals surface area contributed by atoms with Crippen molar-refractivity contribution in [3.8, 4) is 0 Å². The molecule has 66 valence electrons. The smallest absolute Gasteiger partial charge is 0.248 e. The van der Waals surface area contributed by atoms with Gasteiger partial charge < -0.3 is 5.73 Å². The summed E-state index contributed by atoms with van der Waals surface area (Å²) in [5, 5.41) is 0. The zero-order chi connectivity index (χ0) is 9.40. The molecule has 2 N–H and O–H groups in total. The van der Waals surface area contributed by atoms with Gasteiger partial charge in [-0.25, -0.2) is 0 Å². The van der Waals surface area contributed by atoms with Crippen molar-refractivity contribution in [1.29, 1.82) is 0 Å². The van der Waals surface area contributed by atoms with E-state index in [2.05, 4.69) is 12.6 Å². The lowest BCUT2D eigenvalue weighted by atomic mass is 10.2. The molecular weight excluding hydrogens is 170 g/mol. The number of benzene rings is 1. The van der Waals surface area contributed by atoms with Crippen LogP contribution in [0.3, 0.4) is 0 Å². The Hall–Kier alpha value is -0.960. The van der Waals surface area contributed by atoms with E-state index in [9.17, 15) is 4.79 Å². The Morgan fingerprint density at radius 1 is 1.42 bits per heavy atom. The van der Waals surface area contributed by atoms with Crippen LogP contribution < -0.4 is 5.73 Å². The van der Waals surface area contributed by atoms with E-state index >= 15 is 0 Å². The molecule has 1 amide bonds. The summed E-state index contributed by atoms with van der Waals surface area (Å²) < 4.78 is 0. The van der Waals surface area contributed by atoms with Crippen molar-refractivity contribution in [2.45, 2.75) is 6.92 Å². The van der Waals surface area contributed by atoms with Crippen LogP contribution in [-0.4, -0.2) is 11.7 Å². The standard InChI is InChI=1S/C7H7NO.C2H6S/c8-7(9)6-4-2-1-3-5-6;1-2-3/h1-5H,(H2,8,9);3H,2H2,1H3. The number of amides is 1. The third-order valence-electron chi connectivity index (χ3n) is 1.06. The molecule has 0 radical (unpaired) electrons. The van der Waals surface area contributed by atoms with Gasteiger partial charge in [0.1, 0.15) is 0 Å². The number of thiol groups is 1. The fourth-order valence-electron chi connectivity index (χ4n) is 0.602. The average molecular weight is 183 g/mol. The minimum absolute atomic E-state index is 0.379. The second-order valence-corrected chi connectivity index (χ2v) is 2.68. The quantitative estimate of drug-likeness (QED) is 0.640. The van der Waals surface area contributed by atoms with E-state index in [1.54, 1.807) is 24.3 Å². The van der Waals surface area contributed by atoms with Gasteiger partial charge in [-0.05, 0) is 17.9 Å². The maximum atomic E-state index is 10.4. The minimum Gasteiger partial charge on any atom is -0.366 e. The van der Waals surface area contributed by atoms with Crippen molar-refractivity contribution in [2.75, 3.05) is 5.75 Å². The van der Waals surface area contributed by atoms with E-state index < -0.39 is 0 Å². The Balaban J connectivity index is 0.000000354. The van der Waals surface area contributed by atoms with Gasteiger partial charge in [0.05, 0.1) is 0 Å². The second-order valence-electron chi connectivity index (χ2n) is 2.05. The first-order chi connectivity index (χ1) is 5.72. The largest absolute Gasteiger partial charge is 0.366 e. The maximum absolute atomic E-state index is 10.4. The first kappa shape index (κ1) is 11.0. The Labute approximate surface area is 78.2 Å². The molecule has 0 aromatic heterocycles. The third kappa shape index (κ3) is 4.79. The summed E-state index contributed by atoms with van der Waals surface area (Å²) in [5.41, 5.74) is 5.53. The molecule has 0 unspecified atom stereocenters. The number of carbonyl (C=O) groups excluding carboxylic acids is 1. The topological polar surface area (TPSA) is 43.1 Å². The number of rotatable bonds is 1. The molecule has 1 rings (SSSR count). The van der Waals surface area contributed by atoms with Gasteiger partial charge in [0, 0.05) is 5.56 Å². The van der Waals surface area contributed by atoms with Crippen LogP contribution in [-0.2, 0) is 0 Å². The van der Waals surface area contributed by atoms with Gasteiger partial charge in [-0.15, -0.1) is 0 Å². The van der Waals surface area contributed by atoms with E-state index in [-0.39, 0.29) is 5.91 Å². The molecule has 0 aliphatic heterocycles. The highest BCUT2D eigenvalue weighted by Crippen LogP contribution is 1.94. The lowest BCUT2D eigenvalue weighted by Gasteiger charge is -1.89. The normalized spacial score (nSPS) is 8.17. The van der Waals surface area contributed by atoms with Crippen LogP contribution >= 0.6 is 12.6 Å². The molecule has 0 saturated heterocycles. The molecule has 0 atom stereocenters. The van der Waals surface area contributed by atoms with E-state index in [0.717, 1.165) is 5.75 Å². The fraction of sp³-hybridized carbons (Fsp3) is 0.222. The number of primary amides is 1. The Morgan fingerprint density at radius 3 is 2.08 bits per heavy atom. The molecule has 0 saturated carbocycles. The van der Waals surface area contributed by atoms with Gasteiger partial charge in [-0.1, -0.05) is 25.1 Å². The first-order valence-corrected chi connectivity index (χ1v) is 4.31. The molecule has 12 heavy (non-hydrogen) atoms. The zero-order valence-electron chi connectivity index (χ0n) is 7.03. The Morgan fingerprint density at radius 2 is 1.83 bits per heavy atom. The molecule has 0 aliphatic rings. The van der Waals surface area contributed by atoms with E-state index in [1.807, 2.05) is 13.0 Å². The second kappa shape index (κ2) is 6.73. The SMILES string of the molecule is CCS.NC(=O)c1ccccc1. The Kier molecular flexibility index (Phi) is 6.19. The Bertz CT molecular complexity index is 223. The average Bonchev–Trinajstić information content (AvgIpc) is 2.07. The highest BCUT2D eigenvalue weighted by Gasteiger charge is 1.93. The molecule has 0 spiro atoms. The van der Waals surface area contributed by atoms with Crippen LogP contribution in [0.5, 0.6) is 0 Å². The van der Waals surface area contributed by atoms with Crippen LogP contribution in [0.15, 0.2) is 30.3 Å². The van der Waals surface area contributed by atoms with Gasteiger partial charge in [-0.2, -0.15) is 12.6 Å². The van der Waals surface area contributed by atoms with Crippen LogP contribution in [0.25, 0.3) is 0 Å². The molecule has 1 aromatic carbocycles. The van der Waals surface area contributed by atoms with Crippen LogP contribution in [0.4, 0.5) is 0 Å². The van der Waals surface area contributed by atoms with Crippen molar-refractivity contribution in [3.63, 3.8) is 0 Å². The molecule has 0 aliphatic carbocycles. The van der Waals surface area contributed by atoms with Crippen molar-refractivity contribution < 1.29 is 4.79 Å². The molecule has 0 heterocycles. The lowest BCUT2D eigenvalue weighted by molar-refractivity contribution is 0.100. The van der Waals surface area contributed by atoms with E-state index in [4.69, 9.17) is 5.73 Å². The number of hydrogen-bond donors (Lipinski definition) is 2. The molecule has 0 fully saturated rings. The summed E-state index contributed by atoms with van der Waals surface area (Å²) in [7, 11) is 0. The van der Waals surface area contributed by atoms with Crippen LogP contribution in [0.2, 0.25) is 0 Å². The molecule has 2 nitrogen and oxygen atoms in total. The molecule has 1 aromatic rings. The predicted octanol–water partition coefficient (Wildman–Crippen LogP) is 1.72. The fourth-order valence-corrected chi connectivity index (χ4v) is 0.602. The van der Waals surface area contributed by atoms with Crippen LogP contribution in [0.1, 0.15) is 17.3 Å². The van der Waals surface area contributed by atoms with Gasteiger partial charge in [0.25, 0.3) is 0 Å². The summed E-state index contributed by atoms with van der Waals surface area (Å²) in [6.07, 6.45) is 0. The van der Waals surface area contributed by atoms with E-state index in [1.165, 1.54) is 0 Å². The summed E-state index contributed by atoms with van der Waals surface area (Å²) in [6.45, 7) is 1.99. The van der Waals surface area contributed by atoms with Crippen molar-refractivity contribution in [1.82, 2.24) is 0 Å². The first-order valence-electron chi connectivity index (χ1n) is 3.68. The highest BCUT2D eigenvalue weighted by molar-refractivity contribution is 7.80. The lowest BCUT2D eigenvalue weighted by Crippen LogP contribution is -2.09. The number of hydrogen-bond acceptors (Lipinski definition) is 2. The monoisotopic (exact) mass is 183 g/mol. The summed E-state index contributed by atoms with van der Waals surface area (Å²) >= 11 is 3.79. The summed E-state index contributed by atoms with van der Waals surface area (Å²) in [4.78, 5) is 10.4. The number of carbonyl (C=O) groups is 1. The maximum Gasteiger partial charge on any atom is 0.248 e. The van der Waals surface area contributed by atoms with Crippen molar-refractivity contribution >= 4 is 18.5 Å². The van der Waals surface area contributed by atoms with Crippen molar-refractivity contribution in [3.05, 3.63) is 35.9 Å². The summed E-state index contributed by atoms with van der Waals surface area (Å²) in [5.74, 6) is 0.565. The van der Waals surface area contributed by atoms with Gasteiger partial charge in [0.15, 0.2) is 0 Å². The zero-order valence-corrected chi connectivity index (χ0v) is 7.92. The predicted molar refractivity (Wildman–Crippen MR) is 54.5 cm³/mol. The van der Waals surface area contributed by atoms with Gasteiger partial charge >= 0.3 is 0 Å². The van der Waals surface area contributed by atoms with Gasteiger partial charge in [0.2, 0.25) is 5.91 Å². The van der Waals surface area contributed by atoms with Crippen LogP contribution in [0, 0.1) is 0 Å². The molecule has 3 heteroatoms. The molecule has 0 bridgehead atoms. The van der Waals surface area contributed by atoms with Crippen molar-refractivity contribution in [2.24, 2.45) is 5.73 Å². The van der Waals surface area contributed by atoms with Gasteiger partial charge in [-0.3, -0.25) is 4.79 Å². The van der Waals surface area contributed by atoms with E-state index in [0.29, 0.717) is 5.56 Å². The summed E-state index contributed by atoms with van der Waals surface area (Å²) in [6, 6.07) is 8.76. The molecular formula is C9H13NOS. The third-order valence-corrected chi connectivity index (χ3v) is 1.06.